The molecular formula is C14H12ClN3OS. The molecule has 0 aliphatic carbocycles. The number of hydrogen-bond acceptors (Lipinski definition) is 4. The van der Waals surface area contributed by atoms with Crippen molar-refractivity contribution in [1.82, 2.24) is 14.5 Å². The van der Waals surface area contributed by atoms with Gasteiger partial charge in [0.2, 0.25) is 0 Å². The number of thiophene rings is 1. The van der Waals surface area contributed by atoms with Crippen LogP contribution in [0.4, 0.5) is 0 Å². The van der Waals surface area contributed by atoms with Crippen molar-refractivity contribution in [2.24, 2.45) is 0 Å². The fourth-order valence-electron chi connectivity index (χ4n) is 1.99. The van der Waals surface area contributed by atoms with E-state index in [1.165, 1.54) is 4.88 Å². The molecule has 0 aliphatic rings. The zero-order valence-electron chi connectivity index (χ0n) is 10.8. The van der Waals surface area contributed by atoms with Gasteiger partial charge in [-0.05, 0) is 24.1 Å². The van der Waals surface area contributed by atoms with Gasteiger partial charge < -0.3 is 0 Å². The Bertz CT molecular complexity index is 807. The van der Waals surface area contributed by atoms with Gasteiger partial charge in [-0.25, -0.2) is 9.97 Å². The zero-order valence-corrected chi connectivity index (χ0v) is 12.4. The molecule has 6 heteroatoms. The third-order valence-electron chi connectivity index (χ3n) is 3.06. The quantitative estimate of drug-likeness (QED) is 0.699. The molecule has 0 bridgehead atoms. The monoisotopic (exact) mass is 305 g/mol. The Labute approximate surface area is 124 Å². The lowest BCUT2D eigenvalue weighted by molar-refractivity contribution is 0.746. The molecule has 20 heavy (non-hydrogen) atoms. The summed E-state index contributed by atoms with van der Waals surface area (Å²) in [4.78, 5) is 22.8. The van der Waals surface area contributed by atoms with Crippen molar-refractivity contribution in [2.75, 3.05) is 0 Å². The third kappa shape index (κ3) is 2.46. The van der Waals surface area contributed by atoms with Crippen LogP contribution in [0.25, 0.3) is 10.2 Å². The van der Waals surface area contributed by atoms with Crippen molar-refractivity contribution in [3.63, 3.8) is 0 Å². The molecule has 0 fully saturated rings. The van der Waals surface area contributed by atoms with Crippen molar-refractivity contribution in [2.45, 2.75) is 19.9 Å². The van der Waals surface area contributed by atoms with E-state index in [2.05, 4.69) is 16.9 Å². The van der Waals surface area contributed by atoms with Crippen molar-refractivity contribution in [1.29, 1.82) is 0 Å². The second-order valence-electron chi connectivity index (χ2n) is 4.45. The van der Waals surface area contributed by atoms with Crippen LogP contribution >= 0.6 is 22.9 Å². The van der Waals surface area contributed by atoms with E-state index in [1.54, 1.807) is 34.5 Å². The summed E-state index contributed by atoms with van der Waals surface area (Å²) in [5.74, 6) is 0. The summed E-state index contributed by atoms with van der Waals surface area (Å²) < 4.78 is 1.60. The summed E-state index contributed by atoms with van der Waals surface area (Å²) >= 11 is 7.33. The fraction of sp³-hybridized carbons (Fsp3) is 0.214. The smallest absolute Gasteiger partial charge is 0.262 e. The minimum Gasteiger partial charge on any atom is -0.294 e. The molecule has 0 aliphatic heterocycles. The first-order chi connectivity index (χ1) is 9.67. The molecule has 0 spiro atoms. The number of nitrogens with zero attached hydrogens (tertiary/aromatic N) is 3. The number of hydrogen-bond donors (Lipinski definition) is 0. The van der Waals surface area contributed by atoms with E-state index in [-0.39, 0.29) is 5.56 Å². The minimum absolute atomic E-state index is 0.0131. The van der Waals surface area contributed by atoms with Crippen LogP contribution < -0.4 is 5.56 Å². The van der Waals surface area contributed by atoms with Gasteiger partial charge in [0, 0.05) is 11.1 Å². The molecule has 102 valence electrons. The molecule has 0 amide bonds. The van der Waals surface area contributed by atoms with E-state index in [1.807, 2.05) is 12.1 Å². The summed E-state index contributed by atoms with van der Waals surface area (Å²) in [6, 6.07) is 5.51. The molecule has 3 aromatic heterocycles. The second kappa shape index (κ2) is 5.34. The van der Waals surface area contributed by atoms with E-state index >= 15 is 0 Å². The van der Waals surface area contributed by atoms with E-state index in [0.717, 1.165) is 16.8 Å². The average Bonchev–Trinajstić information content (AvgIpc) is 2.88. The standard InChI is InChI=1S/C14H12ClN3OS/c1-2-10-5-11-13(20-10)17-8-18(14(11)19)7-9-3-4-12(15)16-6-9/h3-6,8H,2,7H2,1H3. The average molecular weight is 306 g/mol. The summed E-state index contributed by atoms with van der Waals surface area (Å²) in [5.41, 5.74) is 0.907. The molecule has 0 aromatic carbocycles. The maximum atomic E-state index is 12.4. The Balaban J connectivity index is 2.01. The number of pyridine rings is 1. The van der Waals surface area contributed by atoms with E-state index in [0.29, 0.717) is 17.1 Å². The maximum Gasteiger partial charge on any atom is 0.262 e. The molecule has 0 radical (unpaired) electrons. The normalized spacial score (nSPS) is 11.1. The van der Waals surface area contributed by atoms with Gasteiger partial charge in [-0.1, -0.05) is 24.6 Å². The fourth-order valence-corrected chi connectivity index (χ4v) is 3.03. The molecule has 4 nitrogen and oxygen atoms in total. The van der Waals surface area contributed by atoms with Gasteiger partial charge in [0.25, 0.3) is 5.56 Å². The molecule has 0 saturated carbocycles. The summed E-state index contributed by atoms with van der Waals surface area (Å²) in [6.07, 6.45) is 4.18. The Morgan fingerprint density at radius 3 is 2.90 bits per heavy atom. The Kier molecular flexibility index (Phi) is 3.54. The first-order valence-corrected chi connectivity index (χ1v) is 7.45. The highest BCUT2D eigenvalue weighted by atomic mass is 35.5. The number of aryl methyl sites for hydroxylation is 1. The number of rotatable bonds is 3. The maximum absolute atomic E-state index is 12.4. The highest BCUT2D eigenvalue weighted by Gasteiger charge is 2.08. The van der Waals surface area contributed by atoms with Crippen LogP contribution in [0.15, 0.2) is 35.5 Å². The van der Waals surface area contributed by atoms with Gasteiger partial charge >= 0.3 is 0 Å². The topological polar surface area (TPSA) is 47.8 Å². The second-order valence-corrected chi connectivity index (χ2v) is 5.95. The van der Waals surface area contributed by atoms with Crippen LogP contribution in [0.1, 0.15) is 17.4 Å². The zero-order chi connectivity index (χ0) is 14.1. The third-order valence-corrected chi connectivity index (χ3v) is 4.47. The molecule has 0 unspecified atom stereocenters. The minimum atomic E-state index is -0.0131. The Morgan fingerprint density at radius 1 is 1.35 bits per heavy atom. The van der Waals surface area contributed by atoms with Gasteiger partial charge in [-0.2, -0.15) is 0 Å². The van der Waals surface area contributed by atoms with Crippen molar-refractivity contribution >= 4 is 33.2 Å². The molecule has 0 N–H and O–H groups in total. The van der Waals surface area contributed by atoms with Crippen LogP contribution in [0, 0.1) is 0 Å². The van der Waals surface area contributed by atoms with Gasteiger partial charge in [0.1, 0.15) is 9.98 Å². The molecule has 3 heterocycles. The van der Waals surface area contributed by atoms with E-state index in [9.17, 15) is 4.79 Å². The summed E-state index contributed by atoms with van der Waals surface area (Å²) in [5, 5.41) is 1.14. The van der Waals surface area contributed by atoms with Gasteiger partial charge in [-0.3, -0.25) is 9.36 Å². The number of fused-ring (bicyclic) bond motifs is 1. The largest absolute Gasteiger partial charge is 0.294 e. The lowest BCUT2D eigenvalue weighted by Crippen LogP contribution is -2.20. The van der Waals surface area contributed by atoms with Crippen LogP contribution in [0.2, 0.25) is 5.15 Å². The molecule has 3 aromatic rings. The molecule has 0 atom stereocenters. The highest BCUT2D eigenvalue weighted by Crippen LogP contribution is 2.21. The summed E-state index contributed by atoms with van der Waals surface area (Å²) in [7, 11) is 0. The van der Waals surface area contributed by atoms with Crippen LogP contribution in [-0.2, 0) is 13.0 Å². The van der Waals surface area contributed by atoms with Crippen LogP contribution in [0.5, 0.6) is 0 Å². The number of aromatic nitrogens is 3. The van der Waals surface area contributed by atoms with E-state index < -0.39 is 0 Å². The van der Waals surface area contributed by atoms with E-state index in [4.69, 9.17) is 11.6 Å². The lowest BCUT2D eigenvalue weighted by Gasteiger charge is -2.04. The Morgan fingerprint density at radius 2 is 2.20 bits per heavy atom. The van der Waals surface area contributed by atoms with Crippen LogP contribution in [-0.4, -0.2) is 14.5 Å². The number of halogens is 1. The van der Waals surface area contributed by atoms with Crippen molar-refractivity contribution in [3.05, 3.63) is 56.7 Å². The predicted molar refractivity (Wildman–Crippen MR) is 81.6 cm³/mol. The SMILES string of the molecule is CCc1cc2c(=O)n(Cc3ccc(Cl)nc3)cnc2s1. The molecule has 3 rings (SSSR count). The summed E-state index contributed by atoms with van der Waals surface area (Å²) in [6.45, 7) is 2.52. The molecular weight excluding hydrogens is 294 g/mol. The van der Waals surface area contributed by atoms with Crippen molar-refractivity contribution < 1.29 is 0 Å². The first-order valence-electron chi connectivity index (χ1n) is 6.25. The predicted octanol–water partition coefficient (Wildman–Crippen LogP) is 3.12. The molecule has 0 saturated heterocycles. The lowest BCUT2D eigenvalue weighted by atomic mass is 10.3. The van der Waals surface area contributed by atoms with Gasteiger partial charge in [0.15, 0.2) is 0 Å². The highest BCUT2D eigenvalue weighted by molar-refractivity contribution is 7.18. The van der Waals surface area contributed by atoms with Gasteiger partial charge in [-0.15, -0.1) is 11.3 Å². The van der Waals surface area contributed by atoms with Gasteiger partial charge in [0.05, 0.1) is 18.3 Å². The van der Waals surface area contributed by atoms with Crippen molar-refractivity contribution in [3.8, 4) is 0 Å². The van der Waals surface area contributed by atoms with Crippen LogP contribution in [0.3, 0.4) is 0 Å². The first kappa shape index (κ1) is 13.3. The Hall–Kier alpha value is -1.72.